The number of alkyl halides is 3. The van der Waals surface area contributed by atoms with E-state index in [1.54, 1.807) is 30.3 Å². The number of carbonyl (C=O) groups excluding carboxylic acids is 1. The average molecular weight is 560 g/mol. The molecule has 1 saturated carbocycles. The van der Waals surface area contributed by atoms with E-state index in [1.165, 1.54) is 24.3 Å². The lowest BCUT2D eigenvalue weighted by atomic mass is 9.91. The number of nitrogens with zero attached hydrogens (tertiary/aromatic N) is 2. The van der Waals surface area contributed by atoms with Gasteiger partial charge in [-0.2, -0.15) is 13.2 Å². The molecule has 2 fully saturated rings. The number of hydrogen-bond acceptors (Lipinski definition) is 3. The molecule has 0 radical (unpaired) electrons. The van der Waals surface area contributed by atoms with Gasteiger partial charge in [0, 0.05) is 50.0 Å². The van der Waals surface area contributed by atoms with Gasteiger partial charge < -0.3 is 10.2 Å². The molecule has 1 heterocycles. The van der Waals surface area contributed by atoms with Crippen molar-refractivity contribution in [1.29, 1.82) is 0 Å². The van der Waals surface area contributed by atoms with Crippen molar-refractivity contribution in [3.8, 4) is 0 Å². The van der Waals surface area contributed by atoms with Crippen molar-refractivity contribution in [2.24, 2.45) is 5.92 Å². The van der Waals surface area contributed by atoms with Crippen molar-refractivity contribution >= 4 is 23.2 Å². The quantitative estimate of drug-likeness (QED) is 0.347. The first-order chi connectivity index (χ1) is 18.6. The molecule has 1 N–H and O–H groups in total. The van der Waals surface area contributed by atoms with Crippen molar-refractivity contribution in [2.75, 3.05) is 44.2 Å². The first-order valence-electron chi connectivity index (χ1n) is 13.1. The van der Waals surface area contributed by atoms with Gasteiger partial charge in [-0.05, 0) is 72.4 Å². The summed E-state index contributed by atoms with van der Waals surface area (Å²) in [5.74, 6) is -0.204. The Labute approximate surface area is 230 Å². The lowest BCUT2D eigenvalue weighted by molar-refractivity contribution is -0.137. The maximum Gasteiger partial charge on any atom is 0.416 e. The van der Waals surface area contributed by atoms with Crippen LogP contribution in [-0.4, -0.2) is 50.1 Å². The summed E-state index contributed by atoms with van der Waals surface area (Å²) in [6.07, 6.45) is -3.05. The Morgan fingerprint density at radius 1 is 0.974 bits per heavy atom. The number of rotatable bonds is 8. The minimum absolute atomic E-state index is 0.0282. The average Bonchev–Trinajstić information content (AvgIpc) is 3.65. The van der Waals surface area contributed by atoms with Gasteiger partial charge in [0.25, 0.3) is 0 Å². The highest BCUT2D eigenvalue weighted by atomic mass is 35.5. The van der Waals surface area contributed by atoms with Gasteiger partial charge in [-0.15, -0.1) is 0 Å². The predicted octanol–water partition coefficient (Wildman–Crippen LogP) is 5.94. The summed E-state index contributed by atoms with van der Waals surface area (Å²) in [6.45, 7) is 3.82. The van der Waals surface area contributed by atoms with E-state index < -0.39 is 17.2 Å². The minimum atomic E-state index is -4.37. The van der Waals surface area contributed by atoms with Crippen LogP contribution >= 0.6 is 11.6 Å². The highest BCUT2D eigenvalue weighted by Crippen LogP contribution is 2.55. The molecule has 0 spiro atoms. The Morgan fingerprint density at radius 2 is 1.67 bits per heavy atom. The molecule has 0 aromatic heterocycles. The molecule has 9 heteroatoms. The van der Waals surface area contributed by atoms with Gasteiger partial charge >= 0.3 is 6.18 Å². The molecule has 4 nitrogen and oxygen atoms in total. The number of benzene rings is 3. The fraction of sp³-hybridized carbons (Fsp3) is 0.367. The largest absolute Gasteiger partial charge is 0.416 e. The second-order valence-corrected chi connectivity index (χ2v) is 10.8. The predicted molar refractivity (Wildman–Crippen MR) is 144 cm³/mol. The van der Waals surface area contributed by atoms with Crippen LogP contribution in [0.15, 0.2) is 72.8 Å². The number of amides is 1. The highest BCUT2D eigenvalue weighted by molar-refractivity contribution is 6.30. The Balaban J connectivity index is 1.21. The molecular weight excluding hydrogens is 530 g/mol. The van der Waals surface area contributed by atoms with E-state index in [4.69, 9.17) is 11.6 Å². The van der Waals surface area contributed by atoms with Crippen molar-refractivity contribution in [1.82, 2.24) is 10.2 Å². The third-order valence-electron chi connectivity index (χ3n) is 7.87. The number of nitrogens with one attached hydrogen (secondary N) is 1. The van der Waals surface area contributed by atoms with Crippen LogP contribution in [0.1, 0.15) is 23.1 Å². The maximum absolute atomic E-state index is 13.5. The van der Waals surface area contributed by atoms with E-state index in [1.807, 2.05) is 17.0 Å². The first kappa shape index (κ1) is 27.5. The number of piperazine rings is 1. The van der Waals surface area contributed by atoms with E-state index in [0.29, 0.717) is 56.3 Å². The summed E-state index contributed by atoms with van der Waals surface area (Å²) in [4.78, 5) is 17.8. The standard InChI is InChI=1S/C30H30ClF4N3O/c31-25-8-6-22(7-9-25)29(28(39)36-13-12-21-4-10-26(32)11-5-21)19-24(29)20-37-14-16-38(17-15-37)27-3-1-2-23(18-27)30(33,34)35/h1-11,18,24H,12-17,19-20H2,(H,36,39). The molecule has 39 heavy (non-hydrogen) atoms. The normalized spacial score (nSPS) is 21.6. The highest BCUT2D eigenvalue weighted by Gasteiger charge is 2.61. The van der Waals surface area contributed by atoms with Crippen molar-refractivity contribution in [3.63, 3.8) is 0 Å². The summed E-state index contributed by atoms with van der Waals surface area (Å²) >= 11 is 6.11. The zero-order valence-electron chi connectivity index (χ0n) is 21.4. The van der Waals surface area contributed by atoms with E-state index >= 15 is 0 Å². The monoisotopic (exact) mass is 559 g/mol. The molecule has 1 saturated heterocycles. The second-order valence-electron chi connectivity index (χ2n) is 10.3. The van der Waals surface area contributed by atoms with Crippen LogP contribution < -0.4 is 10.2 Å². The Bertz CT molecular complexity index is 1290. The molecule has 2 aliphatic rings. The van der Waals surface area contributed by atoms with E-state index in [-0.39, 0.29) is 17.6 Å². The Hall–Kier alpha value is -3.10. The number of hydrogen-bond donors (Lipinski definition) is 1. The molecule has 0 bridgehead atoms. The molecule has 3 aromatic rings. The Morgan fingerprint density at radius 3 is 2.33 bits per heavy atom. The van der Waals surface area contributed by atoms with Crippen LogP contribution in [-0.2, 0) is 22.8 Å². The Kier molecular flexibility index (Phi) is 7.87. The smallest absolute Gasteiger partial charge is 0.369 e. The van der Waals surface area contributed by atoms with Crippen LogP contribution in [0.5, 0.6) is 0 Å². The molecule has 206 valence electrons. The summed E-state index contributed by atoms with van der Waals surface area (Å²) in [5.41, 5.74) is 1.17. The summed E-state index contributed by atoms with van der Waals surface area (Å²) in [7, 11) is 0. The molecule has 1 aliphatic carbocycles. The zero-order valence-corrected chi connectivity index (χ0v) is 22.1. The first-order valence-corrected chi connectivity index (χ1v) is 13.5. The second kappa shape index (κ2) is 11.2. The molecule has 3 aromatic carbocycles. The van der Waals surface area contributed by atoms with Crippen LogP contribution in [0.2, 0.25) is 5.02 Å². The van der Waals surface area contributed by atoms with Gasteiger partial charge in [0.1, 0.15) is 5.82 Å². The molecule has 2 unspecified atom stereocenters. The SMILES string of the molecule is O=C(NCCc1ccc(F)cc1)C1(c2ccc(Cl)cc2)CC1CN1CCN(c2cccc(C(F)(F)F)c2)CC1. The summed E-state index contributed by atoms with van der Waals surface area (Å²) in [6, 6.07) is 19.1. The topological polar surface area (TPSA) is 35.6 Å². The third-order valence-corrected chi connectivity index (χ3v) is 8.12. The minimum Gasteiger partial charge on any atom is -0.369 e. The molecule has 5 rings (SSSR count). The van der Waals surface area contributed by atoms with Crippen LogP contribution in [0.3, 0.4) is 0 Å². The maximum atomic E-state index is 13.5. The van der Waals surface area contributed by atoms with Gasteiger partial charge in [0.05, 0.1) is 11.0 Å². The van der Waals surface area contributed by atoms with Gasteiger partial charge in [0.15, 0.2) is 0 Å². The van der Waals surface area contributed by atoms with E-state index in [9.17, 15) is 22.4 Å². The van der Waals surface area contributed by atoms with Gasteiger partial charge in [-0.1, -0.05) is 41.9 Å². The van der Waals surface area contributed by atoms with Crippen molar-refractivity contribution in [3.05, 3.63) is 100 Å². The number of halogens is 5. The van der Waals surface area contributed by atoms with Crippen molar-refractivity contribution in [2.45, 2.75) is 24.4 Å². The van der Waals surface area contributed by atoms with Crippen LogP contribution in [0.25, 0.3) is 0 Å². The van der Waals surface area contributed by atoms with Crippen LogP contribution in [0, 0.1) is 11.7 Å². The van der Waals surface area contributed by atoms with Crippen molar-refractivity contribution < 1.29 is 22.4 Å². The fourth-order valence-electron chi connectivity index (χ4n) is 5.57. The van der Waals surface area contributed by atoms with Gasteiger partial charge in [-0.25, -0.2) is 4.39 Å². The summed E-state index contributed by atoms with van der Waals surface area (Å²) in [5, 5.41) is 3.70. The van der Waals surface area contributed by atoms with Gasteiger partial charge in [0.2, 0.25) is 5.91 Å². The summed E-state index contributed by atoms with van der Waals surface area (Å²) < 4.78 is 52.6. The molecular formula is C30H30ClF4N3O. The molecule has 1 aliphatic heterocycles. The van der Waals surface area contributed by atoms with Crippen LogP contribution in [0.4, 0.5) is 23.2 Å². The zero-order chi connectivity index (χ0) is 27.6. The molecule has 2 atom stereocenters. The van der Waals surface area contributed by atoms with E-state index in [2.05, 4.69) is 10.2 Å². The van der Waals surface area contributed by atoms with Gasteiger partial charge in [-0.3, -0.25) is 9.69 Å². The lowest BCUT2D eigenvalue weighted by Crippen LogP contribution is -2.48. The third kappa shape index (κ3) is 6.23. The number of carbonyl (C=O) groups is 1. The lowest BCUT2D eigenvalue weighted by Gasteiger charge is -2.36. The van der Waals surface area contributed by atoms with E-state index in [0.717, 1.165) is 23.7 Å². The fourth-order valence-corrected chi connectivity index (χ4v) is 5.69. The molecule has 1 amide bonds. The number of anilines is 1.